The van der Waals surface area contributed by atoms with Gasteiger partial charge in [0.05, 0.1) is 12.0 Å². The highest BCUT2D eigenvalue weighted by Gasteiger charge is 2.50. The third-order valence-electron chi connectivity index (χ3n) is 3.24. The summed E-state index contributed by atoms with van der Waals surface area (Å²) in [5.41, 5.74) is -0.818. The highest BCUT2D eigenvalue weighted by molar-refractivity contribution is 5.87. The molecule has 0 heterocycles. The zero-order valence-corrected chi connectivity index (χ0v) is 11.7. The van der Waals surface area contributed by atoms with E-state index < -0.39 is 23.5 Å². The van der Waals surface area contributed by atoms with Crippen LogP contribution < -0.4 is 16.0 Å². The van der Waals surface area contributed by atoms with Gasteiger partial charge in [0.2, 0.25) is 5.91 Å². The summed E-state index contributed by atoms with van der Waals surface area (Å²) >= 11 is 0. The molecular formula is C12H21N3O5. The number of carbonyl (C=O) groups excluding carboxylic acids is 2. The molecule has 0 bridgehead atoms. The number of hydrogen-bond donors (Lipinski definition) is 4. The van der Waals surface area contributed by atoms with Gasteiger partial charge in [-0.3, -0.25) is 9.59 Å². The van der Waals surface area contributed by atoms with Gasteiger partial charge in [0, 0.05) is 20.2 Å². The molecule has 0 aromatic carbocycles. The lowest BCUT2D eigenvalue weighted by molar-refractivity contribution is -0.143. The molecule has 1 aliphatic carbocycles. The number of carbonyl (C=O) groups is 3. The first-order valence-electron chi connectivity index (χ1n) is 6.46. The molecule has 114 valence electrons. The molecule has 1 rings (SSSR count). The predicted molar refractivity (Wildman–Crippen MR) is 70.2 cm³/mol. The number of carboxylic acid groups (broad SMARTS) is 1. The van der Waals surface area contributed by atoms with Gasteiger partial charge in [-0.25, -0.2) is 4.79 Å². The van der Waals surface area contributed by atoms with Crippen LogP contribution in [0, 0.1) is 5.41 Å². The van der Waals surface area contributed by atoms with Gasteiger partial charge >= 0.3 is 12.0 Å². The zero-order chi connectivity index (χ0) is 15.2. The molecule has 1 fully saturated rings. The number of carboxylic acids is 1. The number of methoxy groups -OCH3 is 1. The van der Waals surface area contributed by atoms with E-state index in [4.69, 9.17) is 9.84 Å². The van der Waals surface area contributed by atoms with Crippen molar-refractivity contribution in [1.29, 1.82) is 0 Å². The van der Waals surface area contributed by atoms with Gasteiger partial charge in [0.15, 0.2) is 0 Å². The van der Waals surface area contributed by atoms with Crippen molar-refractivity contribution in [2.75, 3.05) is 26.8 Å². The van der Waals surface area contributed by atoms with E-state index in [-0.39, 0.29) is 12.5 Å². The van der Waals surface area contributed by atoms with Crippen molar-refractivity contribution < 1.29 is 24.2 Å². The van der Waals surface area contributed by atoms with Crippen LogP contribution in [0.5, 0.6) is 0 Å². The average molecular weight is 287 g/mol. The van der Waals surface area contributed by atoms with Crippen molar-refractivity contribution in [3.05, 3.63) is 0 Å². The van der Waals surface area contributed by atoms with Gasteiger partial charge in [0.1, 0.15) is 6.04 Å². The molecule has 0 aromatic rings. The van der Waals surface area contributed by atoms with E-state index in [9.17, 15) is 14.4 Å². The Bertz CT molecular complexity index is 381. The second-order valence-electron chi connectivity index (χ2n) is 4.92. The largest absolute Gasteiger partial charge is 0.481 e. The van der Waals surface area contributed by atoms with Crippen molar-refractivity contribution in [3.8, 4) is 0 Å². The zero-order valence-electron chi connectivity index (χ0n) is 11.7. The van der Waals surface area contributed by atoms with Crippen LogP contribution >= 0.6 is 0 Å². The van der Waals surface area contributed by atoms with Crippen LogP contribution in [0.25, 0.3) is 0 Å². The molecule has 3 amide bonds. The standard InChI is InChI=1S/C12H21N3O5/c1-8(9(16)13-5-6-20-2)15-11(19)14-7-12(3-4-12)10(17)18/h8H,3-7H2,1-2H3,(H,13,16)(H,17,18)(H2,14,15,19). The molecule has 20 heavy (non-hydrogen) atoms. The number of amides is 3. The first kappa shape index (κ1) is 16.2. The Morgan fingerprint density at radius 2 is 1.95 bits per heavy atom. The maximum Gasteiger partial charge on any atom is 0.315 e. The monoisotopic (exact) mass is 287 g/mol. The first-order valence-corrected chi connectivity index (χ1v) is 6.46. The number of hydrogen-bond acceptors (Lipinski definition) is 4. The van der Waals surface area contributed by atoms with Crippen molar-refractivity contribution >= 4 is 17.9 Å². The van der Waals surface area contributed by atoms with Crippen molar-refractivity contribution in [1.82, 2.24) is 16.0 Å². The summed E-state index contributed by atoms with van der Waals surface area (Å²) in [6.45, 7) is 2.38. The molecule has 0 radical (unpaired) electrons. The first-order chi connectivity index (χ1) is 9.41. The third kappa shape index (κ3) is 4.69. The summed E-state index contributed by atoms with van der Waals surface area (Å²) in [5.74, 6) is -1.22. The fourth-order valence-corrected chi connectivity index (χ4v) is 1.61. The van der Waals surface area contributed by atoms with Crippen molar-refractivity contribution in [2.24, 2.45) is 5.41 Å². The minimum Gasteiger partial charge on any atom is -0.481 e. The van der Waals surface area contributed by atoms with Crippen molar-refractivity contribution in [3.63, 3.8) is 0 Å². The Hall–Kier alpha value is -1.83. The third-order valence-corrected chi connectivity index (χ3v) is 3.24. The van der Waals surface area contributed by atoms with Gasteiger partial charge in [-0.05, 0) is 19.8 Å². The average Bonchev–Trinajstić information content (AvgIpc) is 3.17. The molecule has 8 heteroatoms. The Kier molecular flexibility index (Phi) is 5.75. The molecule has 1 aliphatic rings. The van der Waals surface area contributed by atoms with Crippen LogP contribution in [-0.4, -0.2) is 55.9 Å². The van der Waals surface area contributed by atoms with Gasteiger partial charge in [-0.1, -0.05) is 0 Å². The van der Waals surface area contributed by atoms with Crippen LogP contribution in [0.2, 0.25) is 0 Å². The summed E-state index contributed by atoms with van der Waals surface area (Å²) in [4.78, 5) is 34.1. The Labute approximate surface area is 117 Å². The quantitative estimate of drug-likeness (QED) is 0.440. The molecule has 8 nitrogen and oxygen atoms in total. The molecule has 0 spiro atoms. The molecule has 4 N–H and O–H groups in total. The summed E-state index contributed by atoms with van der Waals surface area (Å²) < 4.78 is 4.79. The van der Waals surface area contributed by atoms with E-state index in [2.05, 4.69) is 16.0 Å². The lowest BCUT2D eigenvalue weighted by Crippen LogP contribution is -2.50. The van der Waals surface area contributed by atoms with Gasteiger partial charge < -0.3 is 25.8 Å². The lowest BCUT2D eigenvalue weighted by atomic mass is 10.1. The van der Waals surface area contributed by atoms with E-state index in [0.717, 1.165) is 0 Å². The van der Waals surface area contributed by atoms with Gasteiger partial charge in [-0.2, -0.15) is 0 Å². The Morgan fingerprint density at radius 3 is 2.45 bits per heavy atom. The number of ether oxygens (including phenoxy) is 1. The molecule has 0 aliphatic heterocycles. The maximum absolute atomic E-state index is 11.6. The van der Waals surface area contributed by atoms with Crippen molar-refractivity contribution in [2.45, 2.75) is 25.8 Å². The highest BCUT2D eigenvalue weighted by Crippen LogP contribution is 2.45. The molecule has 1 saturated carbocycles. The summed E-state index contributed by atoms with van der Waals surface area (Å²) in [6.07, 6.45) is 1.13. The van der Waals surface area contributed by atoms with Crippen LogP contribution in [-0.2, 0) is 14.3 Å². The molecule has 1 atom stereocenters. The van der Waals surface area contributed by atoms with Crippen LogP contribution in [0.3, 0.4) is 0 Å². The topological polar surface area (TPSA) is 117 Å². The minimum absolute atomic E-state index is 0.0756. The van der Waals surface area contributed by atoms with E-state index in [1.165, 1.54) is 7.11 Å². The van der Waals surface area contributed by atoms with E-state index in [0.29, 0.717) is 26.0 Å². The van der Waals surface area contributed by atoms with Crippen LogP contribution in [0.1, 0.15) is 19.8 Å². The predicted octanol–water partition coefficient (Wildman–Crippen LogP) is -0.698. The fourth-order valence-electron chi connectivity index (χ4n) is 1.61. The number of aliphatic carboxylic acids is 1. The number of urea groups is 1. The molecular weight excluding hydrogens is 266 g/mol. The molecule has 1 unspecified atom stereocenters. The second-order valence-corrected chi connectivity index (χ2v) is 4.92. The van der Waals surface area contributed by atoms with E-state index >= 15 is 0 Å². The van der Waals surface area contributed by atoms with E-state index in [1.54, 1.807) is 6.92 Å². The Morgan fingerprint density at radius 1 is 1.30 bits per heavy atom. The lowest BCUT2D eigenvalue weighted by Gasteiger charge is -2.16. The SMILES string of the molecule is COCCNC(=O)C(C)NC(=O)NCC1(C(=O)O)CC1. The highest BCUT2D eigenvalue weighted by atomic mass is 16.5. The van der Waals surface area contributed by atoms with Crippen LogP contribution in [0.15, 0.2) is 0 Å². The smallest absolute Gasteiger partial charge is 0.315 e. The van der Waals surface area contributed by atoms with Gasteiger partial charge in [0.25, 0.3) is 0 Å². The summed E-state index contributed by atoms with van der Waals surface area (Å²) in [6, 6.07) is -1.25. The van der Waals surface area contributed by atoms with Crippen LogP contribution in [0.4, 0.5) is 4.79 Å². The summed E-state index contributed by atoms with van der Waals surface area (Å²) in [5, 5.41) is 16.5. The normalized spacial score (nSPS) is 16.9. The van der Waals surface area contributed by atoms with E-state index in [1.807, 2.05) is 0 Å². The number of rotatable bonds is 8. The number of nitrogens with one attached hydrogen (secondary N) is 3. The Balaban J connectivity index is 2.24. The second kappa shape index (κ2) is 7.09. The minimum atomic E-state index is -0.900. The molecule has 0 saturated heterocycles. The molecule has 0 aromatic heterocycles. The fraction of sp³-hybridized carbons (Fsp3) is 0.750. The van der Waals surface area contributed by atoms with Gasteiger partial charge in [-0.15, -0.1) is 0 Å². The summed E-state index contributed by atoms with van der Waals surface area (Å²) in [7, 11) is 1.53. The maximum atomic E-state index is 11.6.